The molecule has 1 atom stereocenters. The molecule has 0 radical (unpaired) electrons. The summed E-state index contributed by atoms with van der Waals surface area (Å²) >= 11 is 5.87. The Balaban J connectivity index is 2.56. The van der Waals surface area contributed by atoms with Gasteiger partial charge in [0.05, 0.1) is 5.41 Å². The molecular formula is C12H12ClF2NO. The van der Waals surface area contributed by atoms with E-state index >= 15 is 0 Å². The third-order valence-electron chi connectivity index (χ3n) is 3.25. The third kappa shape index (κ3) is 1.80. The highest BCUT2D eigenvalue weighted by atomic mass is 35.5. The van der Waals surface area contributed by atoms with Gasteiger partial charge < -0.3 is 4.90 Å². The van der Waals surface area contributed by atoms with Gasteiger partial charge in [-0.1, -0.05) is 11.6 Å². The average Bonchev–Trinajstić information content (AvgIpc) is 2.41. The van der Waals surface area contributed by atoms with Crippen LogP contribution in [0, 0.1) is 0 Å². The van der Waals surface area contributed by atoms with Crippen LogP contribution in [0.3, 0.4) is 0 Å². The molecule has 0 N–H and O–H groups in total. The fourth-order valence-corrected chi connectivity index (χ4v) is 2.52. The van der Waals surface area contributed by atoms with Crippen LogP contribution in [0.2, 0.25) is 5.02 Å². The number of fused-ring (bicyclic) bond motifs is 1. The minimum atomic E-state index is -2.53. The number of carbonyl (C=O) groups is 1. The van der Waals surface area contributed by atoms with E-state index in [1.165, 1.54) is 4.90 Å². The Bertz CT molecular complexity index is 478. The Morgan fingerprint density at radius 2 is 2.12 bits per heavy atom. The molecule has 1 heterocycles. The summed E-state index contributed by atoms with van der Waals surface area (Å²) in [6.45, 7) is 1.54. The van der Waals surface area contributed by atoms with E-state index in [1.807, 2.05) is 0 Å². The van der Waals surface area contributed by atoms with E-state index in [4.69, 9.17) is 11.6 Å². The first-order valence-electron chi connectivity index (χ1n) is 5.22. The highest BCUT2D eigenvalue weighted by Crippen LogP contribution is 2.45. The van der Waals surface area contributed by atoms with Gasteiger partial charge in [-0.2, -0.15) is 0 Å². The fraction of sp³-hybridized carbons (Fsp3) is 0.417. The molecule has 2 rings (SSSR count). The zero-order valence-electron chi connectivity index (χ0n) is 9.51. The molecule has 1 aromatic rings. The maximum absolute atomic E-state index is 12.6. The maximum atomic E-state index is 12.6. The number of rotatable bonds is 2. The van der Waals surface area contributed by atoms with Crippen molar-refractivity contribution in [2.45, 2.75) is 25.2 Å². The summed E-state index contributed by atoms with van der Waals surface area (Å²) in [5, 5.41) is 0.451. The molecular weight excluding hydrogens is 248 g/mol. The van der Waals surface area contributed by atoms with Crippen molar-refractivity contribution in [2.75, 3.05) is 11.9 Å². The highest BCUT2D eigenvalue weighted by Gasteiger charge is 2.47. The number of benzene rings is 1. The number of carbonyl (C=O) groups excluding carboxylic acids is 1. The Hall–Kier alpha value is -1.16. The summed E-state index contributed by atoms with van der Waals surface area (Å²) in [5.41, 5.74) is 0.0590. The monoisotopic (exact) mass is 259 g/mol. The van der Waals surface area contributed by atoms with Crippen LogP contribution in [0.5, 0.6) is 0 Å². The number of nitrogens with zero attached hydrogens (tertiary/aromatic N) is 1. The summed E-state index contributed by atoms with van der Waals surface area (Å²) in [6.07, 6.45) is -3.01. The molecule has 0 aliphatic carbocycles. The molecule has 1 aliphatic rings. The Labute approximate surface area is 103 Å². The van der Waals surface area contributed by atoms with Gasteiger partial charge >= 0.3 is 0 Å². The number of hydrogen-bond donors (Lipinski definition) is 0. The first kappa shape index (κ1) is 12.3. The largest absolute Gasteiger partial charge is 0.314 e. The first-order chi connectivity index (χ1) is 7.86. The zero-order chi connectivity index (χ0) is 12.8. The van der Waals surface area contributed by atoms with Crippen LogP contribution >= 0.6 is 11.6 Å². The van der Waals surface area contributed by atoms with Gasteiger partial charge in [-0.25, -0.2) is 8.78 Å². The van der Waals surface area contributed by atoms with Crippen molar-refractivity contribution >= 4 is 23.2 Å². The number of hydrogen-bond acceptors (Lipinski definition) is 1. The molecule has 92 valence electrons. The quantitative estimate of drug-likeness (QED) is 0.799. The van der Waals surface area contributed by atoms with Gasteiger partial charge in [0.15, 0.2) is 0 Å². The van der Waals surface area contributed by atoms with Crippen molar-refractivity contribution in [3.05, 3.63) is 28.8 Å². The SMILES string of the molecule is CN1C(=O)[C@](C)(CC(F)F)c2cc(Cl)ccc21. The molecule has 17 heavy (non-hydrogen) atoms. The van der Waals surface area contributed by atoms with Crippen LogP contribution < -0.4 is 4.90 Å². The molecule has 2 nitrogen and oxygen atoms in total. The second-order valence-electron chi connectivity index (χ2n) is 4.45. The Kier molecular flexibility index (Phi) is 2.86. The van der Waals surface area contributed by atoms with Crippen molar-refractivity contribution < 1.29 is 13.6 Å². The summed E-state index contributed by atoms with van der Waals surface area (Å²) in [4.78, 5) is 13.5. The molecule has 0 aromatic heterocycles. The lowest BCUT2D eigenvalue weighted by Crippen LogP contribution is -2.37. The van der Waals surface area contributed by atoms with E-state index in [0.29, 0.717) is 16.3 Å². The summed E-state index contributed by atoms with van der Waals surface area (Å²) < 4.78 is 25.2. The molecule has 0 spiro atoms. The van der Waals surface area contributed by atoms with Gasteiger partial charge in [-0.05, 0) is 30.7 Å². The number of likely N-dealkylation sites (N-methyl/N-ethyl adjacent to an activating group) is 1. The average molecular weight is 260 g/mol. The normalized spacial score (nSPS) is 23.4. The van der Waals surface area contributed by atoms with Crippen LogP contribution in [-0.2, 0) is 10.2 Å². The molecule has 0 unspecified atom stereocenters. The maximum Gasteiger partial charge on any atom is 0.240 e. The van der Waals surface area contributed by atoms with E-state index in [-0.39, 0.29) is 5.91 Å². The van der Waals surface area contributed by atoms with Crippen molar-refractivity contribution in [3.63, 3.8) is 0 Å². The number of alkyl halides is 2. The van der Waals surface area contributed by atoms with Gasteiger partial charge in [0.2, 0.25) is 12.3 Å². The zero-order valence-corrected chi connectivity index (χ0v) is 10.3. The van der Waals surface area contributed by atoms with Gasteiger partial charge in [0.1, 0.15) is 0 Å². The van der Waals surface area contributed by atoms with E-state index in [1.54, 1.807) is 32.2 Å². The van der Waals surface area contributed by atoms with Crippen molar-refractivity contribution in [3.8, 4) is 0 Å². The lowest BCUT2D eigenvalue weighted by Gasteiger charge is -2.22. The Morgan fingerprint density at radius 1 is 1.47 bits per heavy atom. The smallest absolute Gasteiger partial charge is 0.240 e. The number of anilines is 1. The summed E-state index contributed by atoms with van der Waals surface area (Å²) in [6, 6.07) is 4.94. The number of amides is 1. The standard InChI is InChI=1S/C12H12ClF2NO/c1-12(6-10(14)15)8-5-7(13)3-4-9(8)16(2)11(12)17/h3-5,10H,6H2,1-2H3/t12-/m1/s1. The second-order valence-corrected chi connectivity index (χ2v) is 4.89. The molecule has 0 bridgehead atoms. The lowest BCUT2D eigenvalue weighted by molar-refractivity contribution is -0.123. The molecule has 5 heteroatoms. The third-order valence-corrected chi connectivity index (χ3v) is 3.49. The summed E-state index contributed by atoms with van der Waals surface area (Å²) in [5.74, 6) is -0.310. The van der Waals surface area contributed by atoms with Crippen LogP contribution in [0.15, 0.2) is 18.2 Å². The van der Waals surface area contributed by atoms with Crippen molar-refractivity contribution in [2.24, 2.45) is 0 Å². The number of halogens is 3. The minimum absolute atomic E-state index is 0.310. The van der Waals surface area contributed by atoms with Crippen LogP contribution in [0.4, 0.5) is 14.5 Å². The van der Waals surface area contributed by atoms with E-state index in [2.05, 4.69) is 0 Å². The molecule has 1 amide bonds. The van der Waals surface area contributed by atoms with Gasteiger partial charge in [0, 0.05) is 24.2 Å². The van der Waals surface area contributed by atoms with Crippen LogP contribution in [0.25, 0.3) is 0 Å². The molecule has 1 aromatic carbocycles. The molecule has 0 saturated heterocycles. The molecule has 1 aliphatic heterocycles. The van der Waals surface area contributed by atoms with Crippen LogP contribution in [0.1, 0.15) is 18.9 Å². The van der Waals surface area contributed by atoms with Gasteiger partial charge in [-0.3, -0.25) is 4.79 Å². The topological polar surface area (TPSA) is 20.3 Å². The van der Waals surface area contributed by atoms with E-state index < -0.39 is 18.3 Å². The van der Waals surface area contributed by atoms with Crippen molar-refractivity contribution in [1.82, 2.24) is 0 Å². The fourth-order valence-electron chi connectivity index (χ4n) is 2.34. The predicted octanol–water partition coefficient (Wildman–Crippen LogP) is 3.23. The van der Waals surface area contributed by atoms with Gasteiger partial charge in [-0.15, -0.1) is 0 Å². The predicted molar refractivity (Wildman–Crippen MR) is 62.8 cm³/mol. The summed E-state index contributed by atoms with van der Waals surface area (Å²) in [7, 11) is 1.59. The van der Waals surface area contributed by atoms with E-state index in [9.17, 15) is 13.6 Å². The second kappa shape index (κ2) is 3.95. The van der Waals surface area contributed by atoms with Crippen molar-refractivity contribution in [1.29, 1.82) is 0 Å². The minimum Gasteiger partial charge on any atom is -0.314 e. The van der Waals surface area contributed by atoms with Crippen LogP contribution in [-0.4, -0.2) is 19.4 Å². The molecule has 0 fully saturated rings. The lowest BCUT2D eigenvalue weighted by atomic mass is 9.81. The first-order valence-corrected chi connectivity index (χ1v) is 5.60. The molecule has 0 saturated carbocycles. The van der Waals surface area contributed by atoms with Gasteiger partial charge in [0.25, 0.3) is 0 Å². The Morgan fingerprint density at radius 3 is 2.71 bits per heavy atom. The highest BCUT2D eigenvalue weighted by molar-refractivity contribution is 6.31. The van der Waals surface area contributed by atoms with E-state index in [0.717, 1.165) is 0 Å².